The molecule has 188 valence electrons. The van der Waals surface area contributed by atoms with Gasteiger partial charge >= 0.3 is 0 Å². The Morgan fingerprint density at radius 2 is 1.83 bits per heavy atom. The number of hydrazone groups is 1. The fourth-order valence-corrected chi connectivity index (χ4v) is 5.30. The first-order valence-electron chi connectivity index (χ1n) is 12.4. The Labute approximate surface area is 222 Å². The quantitative estimate of drug-likeness (QED) is 0.279. The molecular weight excluding hydrogens is 495 g/mol. The number of rotatable bonds is 8. The highest BCUT2D eigenvalue weighted by molar-refractivity contribution is 6.35. The van der Waals surface area contributed by atoms with E-state index >= 15 is 0 Å². The van der Waals surface area contributed by atoms with Crippen molar-refractivity contribution in [3.63, 3.8) is 0 Å². The lowest BCUT2D eigenvalue weighted by molar-refractivity contribution is -0.0190. The lowest BCUT2D eigenvalue weighted by Crippen LogP contribution is -2.33. The Morgan fingerprint density at radius 3 is 2.58 bits per heavy atom. The average Bonchev–Trinajstić information content (AvgIpc) is 3.33. The topological polar surface area (TPSA) is 43.3 Å². The van der Waals surface area contributed by atoms with Crippen LogP contribution in [0.3, 0.4) is 0 Å². The molecule has 0 radical (unpaired) electrons. The van der Waals surface area contributed by atoms with Gasteiger partial charge in [-0.15, -0.1) is 0 Å². The lowest BCUT2D eigenvalue weighted by atomic mass is 9.95. The third-order valence-corrected chi connectivity index (χ3v) is 7.17. The fraction of sp³-hybridized carbons (Fsp3) is 0.345. The highest BCUT2D eigenvalue weighted by Gasteiger charge is 2.42. The molecule has 0 fully saturated rings. The predicted molar refractivity (Wildman–Crippen MR) is 145 cm³/mol. The molecule has 0 bridgehead atoms. The smallest absolute Gasteiger partial charge is 0.214 e. The predicted octanol–water partition coefficient (Wildman–Crippen LogP) is 8.12. The number of fused-ring (bicyclic) bond motifs is 3. The van der Waals surface area contributed by atoms with Gasteiger partial charge in [0.25, 0.3) is 0 Å². The van der Waals surface area contributed by atoms with Gasteiger partial charge in [-0.25, -0.2) is 5.01 Å². The monoisotopic (exact) mass is 524 g/mol. The van der Waals surface area contributed by atoms with Crippen LogP contribution < -0.4 is 14.2 Å². The van der Waals surface area contributed by atoms with E-state index in [9.17, 15) is 0 Å². The molecule has 0 aliphatic carbocycles. The van der Waals surface area contributed by atoms with Crippen LogP contribution >= 0.6 is 23.2 Å². The van der Waals surface area contributed by atoms with Crippen molar-refractivity contribution in [3.8, 4) is 17.2 Å². The van der Waals surface area contributed by atoms with E-state index in [-0.39, 0.29) is 6.04 Å². The maximum Gasteiger partial charge on any atom is 0.214 e. The standard InChI is InChI=1S/C29H30Cl2N2O3/c1-4-5-6-13-35-26-12-11-20(14-27(26)34-3)29-33-25(22-15-21(30)16-23(31)28(22)36-29)17-24(32-33)19-9-7-18(2)8-10-19/h7-12,14-16,25,29H,4-6,13,17H2,1-3H3/t25-,29+/m0/s1. The molecule has 2 heterocycles. The van der Waals surface area contributed by atoms with E-state index in [1.54, 1.807) is 13.2 Å². The summed E-state index contributed by atoms with van der Waals surface area (Å²) >= 11 is 13.0. The Balaban J connectivity index is 1.52. The molecule has 0 N–H and O–H groups in total. The SMILES string of the molecule is CCCCCOc1ccc([C@H]2Oc3c(Cl)cc(Cl)cc3[C@@H]3CC(c4ccc(C)cc4)=NN23)cc1OC. The molecule has 3 aromatic rings. The molecule has 0 spiro atoms. The minimum atomic E-state index is -0.479. The summed E-state index contributed by atoms with van der Waals surface area (Å²) < 4.78 is 18.2. The van der Waals surface area contributed by atoms with Gasteiger partial charge in [0, 0.05) is 22.6 Å². The number of nitrogens with zero attached hydrogens (tertiary/aromatic N) is 2. The zero-order chi connectivity index (χ0) is 25.2. The van der Waals surface area contributed by atoms with Crippen LogP contribution in [0.2, 0.25) is 10.0 Å². The molecule has 0 amide bonds. The molecule has 36 heavy (non-hydrogen) atoms. The molecule has 0 saturated carbocycles. The van der Waals surface area contributed by atoms with Crippen molar-refractivity contribution in [3.05, 3.63) is 86.9 Å². The van der Waals surface area contributed by atoms with E-state index in [0.29, 0.717) is 28.2 Å². The Hall–Kier alpha value is -2.89. The van der Waals surface area contributed by atoms with Crippen molar-refractivity contribution >= 4 is 28.9 Å². The summed E-state index contributed by atoms with van der Waals surface area (Å²) in [6.07, 6.45) is 3.54. The zero-order valence-corrected chi connectivity index (χ0v) is 22.3. The van der Waals surface area contributed by atoms with Crippen molar-refractivity contribution in [1.29, 1.82) is 0 Å². The van der Waals surface area contributed by atoms with Crippen molar-refractivity contribution in [2.75, 3.05) is 13.7 Å². The number of aryl methyl sites for hydroxylation is 1. The van der Waals surface area contributed by atoms with Crippen LogP contribution in [0.1, 0.15) is 67.1 Å². The van der Waals surface area contributed by atoms with Crippen LogP contribution in [0.15, 0.2) is 59.7 Å². The number of hydrogen-bond acceptors (Lipinski definition) is 5. The highest BCUT2D eigenvalue weighted by atomic mass is 35.5. The second-order valence-corrected chi connectivity index (χ2v) is 10.1. The molecule has 0 saturated heterocycles. The highest BCUT2D eigenvalue weighted by Crippen LogP contribution is 2.51. The summed E-state index contributed by atoms with van der Waals surface area (Å²) in [5.41, 5.74) is 5.15. The first-order chi connectivity index (χ1) is 17.5. The van der Waals surface area contributed by atoms with Crippen LogP contribution in [0.5, 0.6) is 17.2 Å². The molecule has 5 nitrogen and oxygen atoms in total. The molecule has 0 unspecified atom stereocenters. The van der Waals surface area contributed by atoms with Crippen molar-refractivity contribution in [2.45, 2.75) is 51.8 Å². The van der Waals surface area contributed by atoms with Gasteiger partial charge in [0.1, 0.15) is 5.75 Å². The zero-order valence-electron chi connectivity index (χ0n) is 20.8. The Kier molecular flexibility index (Phi) is 7.31. The number of methoxy groups -OCH3 is 1. The molecule has 2 aliphatic rings. The summed E-state index contributed by atoms with van der Waals surface area (Å²) in [6, 6.07) is 17.9. The average molecular weight is 525 g/mol. The van der Waals surface area contributed by atoms with E-state index in [0.717, 1.165) is 53.8 Å². The molecule has 3 aromatic carbocycles. The van der Waals surface area contributed by atoms with Crippen molar-refractivity contribution < 1.29 is 14.2 Å². The summed E-state index contributed by atoms with van der Waals surface area (Å²) in [5, 5.41) is 8.13. The fourth-order valence-electron chi connectivity index (χ4n) is 4.75. The van der Waals surface area contributed by atoms with Crippen LogP contribution in [0.4, 0.5) is 0 Å². The summed E-state index contributed by atoms with van der Waals surface area (Å²) in [5.74, 6) is 2.03. The number of unbranched alkanes of at least 4 members (excludes halogenated alkanes) is 2. The minimum Gasteiger partial charge on any atom is -0.493 e. The largest absolute Gasteiger partial charge is 0.493 e. The third-order valence-electron chi connectivity index (χ3n) is 6.67. The van der Waals surface area contributed by atoms with Crippen molar-refractivity contribution in [1.82, 2.24) is 5.01 Å². The van der Waals surface area contributed by atoms with Gasteiger partial charge in [0.2, 0.25) is 6.23 Å². The van der Waals surface area contributed by atoms with Gasteiger partial charge in [-0.2, -0.15) is 5.10 Å². The van der Waals surface area contributed by atoms with Gasteiger partial charge in [-0.3, -0.25) is 0 Å². The second kappa shape index (κ2) is 10.6. The first-order valence-corrected chi connectivity index (χ1v) is 13.1. The van der Waals surface area contributed by atoms with E-state index in [2.05, 4.69) is 38.1 Å². The normalized spacial score (nSPS) is 18.2. The molecule has 0 aromatic heterocycles. The van der Waals surface area contributed by atoms with Gasteiger partial charge in [-0.1, -0.05) is 72.8 Å². The maximum absolute atomic E-state index is 6.62. The molecule has 7 heteroatoms. The lowest BCUT2D eigenvalue weighted by Gasteiger charge is -2.38. The minimum absolute atomic E-state index is 0.0535. The second-order valence-electron chi connectivity index (χ2n) is 9.25. The van der Waals surface area contributed by atoms with E-state index < -0.39 is 6.23 Å². The van der Waals surface area contributed by atoms with Crippen LogP contribution in [0, 0.1) is 6.92 Å². The van der Waals surface area contributed by atoms with E-state index in [4.69, 9.17) is 42.5 Å². The molecular formula is C29H30Cl2N2O3. The number of benzene rings is 3. The summed E-state index contributed by atoms with van der Waals surface area (Å²) in [6.45, 7) is 4.92. The van der Waals surface area contributed by atoms with Crippen LogP contribution in [-0.4, -0.2) is 24.4 Å². The molecule has 5 rings (SSSR count). The van der Waals surface area contributed by atoms with Crippen LogP contribution in [0.25, 0.3) is 0 Å². The number of ether oxygens (including phenoxy) is 3. The summed E-state index contributed by atoms with van der Waals surface area (Å²) in [4.78, 5) is 0. The van der Waals surface area contributed by atoms with E-state index in [1.807, 2.05) is 29.3 Å². The number of halogens is 2. The van der Waals surface area contributed by atoms with Gasteiger partial charge in [0.05, 0.1) is 30.5 Å². The van der Waals surface area contributed by atoms with Gasteiger partial charge in [0.15, 0.2) is 11.5 Å². The van der Waals surface area contributed by atoms with E-state index in [1.165, 1.54) is 5.56 Å². The Morgan fingerprint density at radius 1 is 1.03 bits per heavy atom. The Bertz CT molecular complexity index is 1280. The maximum atomic E-state index is 6.62. The summed E-state index contributed by atoms with van der Waals surface area (Å²) in [7, 11) is 1.65. The van der Waals surface area contributed by atoms with Crippen LogP contribution in [-0.2, 0) is 0 Å². The first kappa shape index (κ1) is 24.8. The van der Waals surface area contributed by atoms with Crippen molar-refractivity contribution in [2.24, 2.45) is 5.10 Å². The molecule has 2 atom stereocenters. The third kappa shape index (κ3) is 4.87. The molecule has 2 aliphatic heterocycles. The van der Waals surface area contributed by atoms with Gasteiger partial charge < -0.3 is 14.2 Å². The number of hydrogen-bond donors (Lipinski definition) is 0. The van der Waals surface area contributed by atoms with Gasteiger partial charge in [-0.05, 0) is 49.2 Å².